The highest BCUT2D eigenvalue weighted by atomic mass is 32.2. The van der Waals surface area contributed by atoms with Crippen molar-refractivity contribution >= 4 is 11.8 Å². The van der Waals surface area contributed by atoms with Gasteiger partial charge in [-0.1, -0.05) is 70.8 Å². The van der Waals surface area contributed by atoms with Crippen LogP contribution in [0.2, 0.25) is 0 Å². The van der Waals surface area contributed by atoms with Gasteiger partial charge in [0.15, 0.2) is 0 Å². The summed E-state index contributed by atoms with van der Waals surface area (Å²) in [5.74, 6) is 1.95. The topological polar surface area (TPSA) is 29.5 Å². The molecule has 3 heteroatoms. The summed E-state index contributed by atoms with van der Waals surface area (Å²) >= 11 is 1.84. The first-order chi connectivity index (χ1) is 10.3. The molecular formula is C18H36O2S. The summed E-state index contributed by atoms with van der Waals surface area (Å²) in [6.45, 7) is 6.81. The van der Waals surface area contributed by atoms with E-state index in [0.717, 1.165) is 11.5 Å². The van der Waals surface area contributed by atoms with Crippen molar-refractivity contribution in [2.24, 2.45) is 0 Å². The van der Waals surface area contributed by atoms with E-state index in [1.54, 1.807) is 6.08 Å². The van der Waals surface area contributed by atoms with Gasteiger partial charge in [0.1, 0.15) is 0 Å². The summed E-state index contributed by atoms with van der Waals surface area (Å²) < 4.78 is 5.22. The quantitative estimate of drug-likeness (QED) is 0.295. The Morgan fingerprint density at radius 3 is 2.14 bits per heavy atom. The Morgan fingerprint density at radius 1 is 1.00 bits per heavy atom. The van der Waals surface area contributed by atoms with E-state index in [1.165, 1.54) is 64.2 Å². The molecule has 1 N–H and O–H groups in total. The molecule has 0 amide bonds. The molecule has 0 bridgehead atoms. The molecule has 1 atom stereocenters. The number of unbranched alkanes of at least 4 members (excludes halogenated alkanes) is 9. The predicted molar refractivity (Wildman–Crippen MR) is 96.2 cm³/mol. The molecule has 0 saturated carbocycles. The highest BCUT2D eigenvalue weighted by molar-refractivity contribution is 7.99. The van der Waals surface area contributed by atoms with Gasteiger partial charge in [-0.15, -0.1) is 6.58 Å². The Bertz CT molecular complexity index is 209. The van der Waals surface area contributed by atoms with Crippen LogP contribution in [0.4, 0.5) is 0 Å². The standard InChI is InChI=1S/C18H36O2S/c1-3-5-6-7-8-9-10-11-12-13-15-21-17-18(19)16-20-14-4-2/h4,18-19H,2-3,5-17H2,1H3. The summed E-state index contributed by atoms with van der Waals surface area (Å²) in [6, 6.07) is 0. The van der Waals surface area contributed by atoms with Gasteiger partial charge < -0.3 is 9.84 Å². The lowest BCUT2D eigenvalue weighted by Gasteiger charge is -2.09. The summed E-state index contributed by atoms with van der Waals surface area (Å²) in [5, 5.41) is 9.66. The largest absolute Gasteiger partial charge is 0.390 e. The van der Waals surface area contributed by atoms with Crippen LogP contribution in [-0.4, -0.2) is 35.9 Å². The van der Waals surface area contributed by atoms with Gasteiger partial charge in [0, 0.05) is 5.75 Å². The minimum absolute atomic E-state index is 0.335. The maximum atomic E-state index is 9.66. The predicted octanol–water partition coefficient (Wildman–Crippen LogP) is 5.20. The van der Waals surface area contributed by atoms with Crippen LogP contribution in [0, 0.1) is 0 Å². The van der Waals surface area contributed by atoms with Gasteiger partial charge in [0.05, 0.1) is 19.3 Å². The van der Waals surface area contributed by atoms with Crippen LogP contribution >= 0.6 is 11.8 Å². The monoisotopic (exact) mass is 316 g/mol. The molecule has 0 aromatic rings. The first-order valence-electron chi connectivity index (χ1n) is 8.75. The fraction of sp³-hybridized carbons (Fsp3) is 0.889. The number of ether oxygens (including phenoxy) is 1. The zero-order valence-electron chi connectivity index (χ0n) is 14.0. The molecule has 0 aromatic carbocycles. The minimum Gasteiger partial charge on any atom is -0.390 e. The first-order valence-corrected chi connectivity index (χ1v) is 9.91. The van der Waals surface area contributed by atoms with E-state index in [2.05, 4.69) is 13.5 Å². The third kappa shape index (κ3) is 18.0. The Labute approximate surface area is 136 Å². The van der Waals surface area contributed by atoms with Crippen LogP contribution in [0.5, 0.6) is 0 Å². The van der Waals surface area contributed by atoms with Crippen molar-refractivity contribution in [1.29, 1.82) is 0 Å². The fourth-order valence-electron chi connectivity index (χ4n) is 2.25. The van der Waals surface area contributed by atoms with Crippen LogP contribution in [0.3, 0.4) is 0 Å². The summed E-state index contributed by atoms with van der Waals surface area (Å²) in [4.78, 5) is 0. The fourth-order valence-corrected chi connectivity index (χ4v) is 3.19. The van der Waals surface area contributed by atoms with Crippen molar-refractivity contribution < 1.29 is 9.84 Å². The summed E-state index contributed by atoms with van der Waals surface area (Å²) in [7, 11) is 0. The van der Waals surface area contributed by atoms with Crippen molar-refractivity contribution in [2.75, 3.05) is 24.7 Å². The first kappa shape index (κ1) is 21.0. The van der Waals surface area contributed by atoms with Gasteiger partial charge in [-0.2, -0.15) is 11.8 Å². The molecule has 0 radical (unpaired) electrons. The average Bonchev–Trinajstić information content (AvgIpc) is 2.48. The van der Waals surface area contributed by atoms with E-state index < -0.39 is 0 Å². The van der Waals surface area contributed by atoms with Gasteiger partial charge in [0.25, 0.3) is 0 Å². The second-order valence-corrected chi connectivity index (χ2v) is 6.89. The normalized spacial score (nSPS) is 12.5. The van der Waals surface area contributed by atoms with Crippen molar-refractivity contribution in [1.82, 2.24) is 0 Å². The molecule has 0 aliphatic rings. The lowest BCUT2D eigenvalue weighted by Crippen LogP contribution is -2.18. The van der Waals surface area contributed by atoms with Crippen LogP contribution < -0.4 is 0 Å². The van der Waals surface area contributed by atoms with Crippen molar-refractivity contribution in [3.8, 4) is 0 Å². The molecular weight excluding hydrogens is 280 g/mol. The van der Waals surface area contributed by atoms with Crippen molar-refractivity contribution in [2.45, 2.75) is 77.2 Å². The Balaban J connectivity index is 3.06. The zero-order chi connectivity index (χ0) is 15.6. The van der Waals surface area contributed by atoms with E-state index in [0.29, 0.717) is 13.2 Å². The molecule has 0 aliphatic carbocycles. The van der Waals surface area contributed by atoms with Crippen LogP contribution in [-0.2, 0) is 4.74 Å². The maximum absolute atomic E-state index is 9.66. The third-order valence-corrected chi connectivity index (χ3v) is 4.70. The Kier molecular flexibility index (Phi) is 18.1. The van der Waals surface area contributed by atoms with E-state index in [1.807, 2.05) is 11.8 Å². The summed E-state index contributed by atoms with van der Waals surface area (Å²) in [5.41, 5.74) is 0. The molecule has 0 spiro atoms. The molecule has 2 nitrogen and oxygen atoms in total. The Morgan fingerprint density at radius 2 is 1.57 bits per heavy atom. The maximum Gasteiger partial charge on any atom is 0.0863 e. The number of rotatable bonds is 17. The van der Waals surface area contributed by atoms with Gasteiger partial charge in [0.2, 0.25) is 0 Å². The van der Waals surface area contributed by atoms with Gasteiger partial charge >= 0.3 is 0 Å². The number of hydrogen-bond acceptors (Lipinski definition) is 3. The third-order valence-electron chi connectivity index (χ3n) is 3.50. The lowest BCUT2D eigenvalue weighted by molar-refractivity contribution is 0.0625. The minimum atomic E-state index is -0.335. The molecule has 0 heterocycles. The van der Waals surface area contributed by atoms with Crippen LogP contribution in [0.1, 0.15) is 71.1 Å². The zero-order valence-corrected chi connectivity index (χ0v) is 14.8. The smallest absolute Gasteiger partial charge is 0.0863 e. The second-order valence-electron chi connectivity index (χ2n) is 5.74. The van der Waals surface area contributed by atoms with E-state index in [-0.39, 0.29) is 6.10 Å². The van der Waals surface area contributed by atoms with E-state index in [4.69, 9.17) is 4.74 Å². The second kappa shape index (κ2) is 18.1. The molecule has 0 saturated heterocycles. The van der Waals surface area contributed by atoms with Gasteiger partial charge in [-0.05, 0) is 12.2 Å². The molecule has 21 heavy (non-hydrogen) atoms. The highest BCUT2D eigenvalue weighted by Gasteiger charge is 2.03. The molecule has 0 rings (SSSR count). The SMILES string of the molecule is C=CCOCC(O)CSCCCCCCCCCCCC. The molecule has 126 valence electrons. The van der Waals surface area contributed by atoms with Crippen molar-refractivity contribution in [3.63, 3.8) is 0 Å². The molecule has 0 aromatic heterocycles. The molecule has 0 aliphatic heterocycles. The average molecular weight is 317 g/mol. The number of thioether (sulfide) groups is 1. The molecule has 1 unspecified atom stereocenters. The summed E-state index contributed by atoms with van der Waals surface area (Å²) in [6.07, 6.45) is 15.2. The van der Waals surface area contributed by atoms with Crippen molar-refractivity contribution in [3.05, 3.63) is 12.7 Å². The lowest BCUT2D eigenvalue weighted by atomic mass is 10.1. The van der Waals surface area contributed by atoms with Crippen LogP contribution in [0.25, 0.3) is 0 Å². The van der Waals surface area contributed by atoms with E-state index in [9.17, 15) is 5.11 Å². The number of aliphatic hydroxyl groups excluding tert-OH is 1. The molecule has 0 fully saturated rings. The Hall–Kier alpha value is 0.0100. The number of aliphatic hydroxyl groups is 1. The van der Waals surface area contributed by atoms with Gasteiger partial charge in [-0.25, -0.2) is 0 Å². The van der Waals surface area contributed by atoms with Crippen LogP contribution in [0.15, 0.2) is 12.7 Å². The van der Waals surface area contributed by atoms with Gasteiger partial charge in [-0.3, -0.25) is 0 Å². The number of hydrogen-bond donors (Lipinski definition) is 1. The highest BCUT2D eigenvalue weighted by Crippen LogP contribution is 2.13. The van der Waals surface area contributed by atoms with E-state index >= 15 is 0 Å².